The molecule has 0 aliphatic heterocycles. The molecule has 3 rings (SSSR count). The van der Waals surface area contributed by atoms with E-state index < -0.39 is 22.5 Å². The highest BCUT2D eigenvalue weighted by Gasteiger charge is 2.28. The van der Waals surface area contributed by atoms with E-state index in [0.717, 1.165) is 15.4 Å². The number of aromatic nitrogens is 1. The molecule has 0 saturated heterocycles. The van der Waals surface area contributed by atoms with Crippen LogP contribution in [0.3, 0.4) is 0 Å². The first-order chi connectivity index (χ1) is 16.2. The zero-order valence-electron chi connectivity index (χ0n) is 19.3. The SMILES string of the molecule is COc1ccc(S(=O)(=O)N(CC(=O)N/N=C\c2cccnc2)c2cc(C)cc(C)c2)cc1OC. The van der Waals surface area contributed by atoms with E-state index >= 15 is 0 Å². The van der Waals surface area contributed by atoms with Crippen LogP contribution in [-0.4, -0.2) is 46.3 Å². The van der Waals surface area contributed by atoms with Gasteiger partial charge in [0.15, 0.2) is 11.5 Å². The second kappa shape index (κ2) is 10.8. The van der Waals surface area contributed by atoms with Crippen molar-refractivity contribution in [1.29, 1.82) is 0 Å². The first-order valence-corrected chi connectivity index (χ1v) is 11.7. The van der Waals surface area contributed by atoms with Gasteiger partial charge in [0.05, 0.1) is 31.0 Å². The first kappa shape index (κ1) is 24.7. The maximum atomic E-state index is 13.7. The average molecular weight is 483 g/mol. The molecule has 1 N–H and O–H groups in total. The Balaban J connectivity index is 1.95. The summed E-state index contributed by atoms with van der Waals surface area (Å²) >= 11 is 0. The van der Waals surface area contributed by atoms with Gasteiger partial charge in [-0.05, 0) is 55.3 Å². The summed E-state index contributed by atoms with van der Waals surface area (Å²) in [5.74, 6) is 0.0414. The van der Waals surface area contributed by atoms with Crippen LogP contribution in [0.1, 0.15) is 16.7 Å². The molecule has 2 aromatic carbocycles. The van der Waals surface area contributed by atoms with Crippen LogP contribution in [0.4, 0.5) is 5.69 Å². The molecule has 0 radical (unpaired) electrons. The number of hydrogen-bond acceptors (Lipinski definition) is 7. The van der Waals surface area contributed by atoms with Crippen LogP contribution in [0.25, 0.3) is 0 Å². The Morgan fingerprint density at radius 3 is 2.38 bits per heavy atom. The molecule has 0 spiro atoms. The normalized spacial score (nSPS) is 11.3. The molecule has 1 aromatic heterocycles. The maximum absolute atomic E-state index is 13.7. The van der Waals surface area contributed by atoms with Crippen molar-refractivity contribution in [3.63, 3.8) is 0 Å². The van der Waals surface area contributed by atoms with E-state index in [1.54, 1.807) is 36.7 Å². The number of sulfonamides is 1. The zero-order valence-corrected chi connectivity index (χ0v) is 20.2. The highest BCUT2D eigenvalue weighted by atomic mass is 32.2. The standard InChI is InChI=1S/C24H26N4O5S/c1-17-10-18(2)12-20(11-17)28(16-24(29)27-26-15-19-6-5-9-25-14-19)34(30,31)21-7-8-22(32-3)23(13-21)33-4/h5-15H,16H2,1-4H3,(H,27,29)/b26-15-. The number of nitrogens with one attached hydrogen (secondary N) is 1. The molecule has 0 atom stereocenters. The van der Waals surface area contributed by atoms with E-state index in [9.17, 15) is 13.2 Å². The van der Waals surface area contributed by atoms with E-state index in [1.165, 1.54) is 38.6 Å². The second-order valence-corrected chi connectivity index (χ2v) is 9.32. The predicted molar refractivity (Wildman–Crippen MR) is 130 cm³/mol. The van der Waals surface area contributed by atoms with Gasteiger partial charge in [0, 0.05) is 24.0 Å². The number of hydrogen-bond donors (Lipinski definition) is 1. The van der Waals surface area contributed by atoms with Crippen LogP contribution in [0.5, 0.6) is 11.5 Å². The van der Waals surface area contributed by atoms with E-state index in [-0.39, 0.29) is 10.6 Å². The lowest BCUT2D eigenvalue weighted by Gasteiger charge is -2.25. The zero-order chi connectivity index (χ0) is 24.7. The summed E-state index contributed by atoms with van der Waals surface area (Å²) in [6, 6.07) is 13.1. The smallest absolute Gasteiger partial charge is 0.264 e. The number of aryl methyl sites for hydroxylation is 2. The average Bonchev–Trinajstić information content (AvgIpc) is 2.82. The molecule has 0 aliphatic rings. The summed E-state index contributed by atoms with van der Waals surface area (Å²) in [5.41, 5.74) is 5.14. The number of carbonyl (C=O) groups excluding carboxylic acids is 1. The van der Waals surface area contributed by atoms with Crippen LogP contribution in [0.2, 0.25) is 0 Å². The van der Waals surface area contributed by atoms with E-state index in [4.69, 9.17) is 9.47 Å². The minimum atomic E-state index is -4.14. The third kappa shape index (κ3) is 5.90. The van der Waals surface area contributed by atoms with Crippen molar-refractivity contribution in [3.8, 4) is 11.5 Å². The van der Waals surface area contributed by atoms with Crippen LogP contribution in [0, 0.1) is 13.8 Å². The van der Waals surface area contributed by atoms with Gasteiger partial charge in [-0.15, -0.1) is 0 Å². The summed E-state index contributed by atoms with van der Waals surface area (Å²) in [5, 5.41) is 3.91. The lowest BCUT2D eigenvalue weighted by Crippen LogP contribution is -2.39. The van der Waals surface area contributed by atoms with Gasteiger partial charge in [-0.1, -0.05) is 12.1 Å². The van der Waals surface area contributed by atoms with E-state index in [1.807, 2.05) is 19.9 Å². The predicted octanol–water partition coefficient (Wildman–Crippen LogP) is 3.06. The quantitative estimate of drug-likeness (QED) is 0.371. The van der Waals surface area contributed by atoms with Crippen molar-refractivity contribution < 1.29 is 22.7 Å². The Kier molecular flexibility index (Phi) is 7.85. The van der Waals surface area contributed by atoms with Crippen molar-refractivity contribution in [3.05, 3.63) is 77.6 Å². The number of anilines is 1. The Labute approximate surface area is 199 Å². The Morgan fingerprint density at radius 1 is 1.06 bits per heavy atom. The lowest BCUT2D eigenvalue weighted by molar-refractivity contribution is -0.119. The van der Waals surface area contributed by atoms with Gasteiger partial charge >= 0.3 is 0 Å². The number of hydrazone groups is 1. The molecule has 0 aliphatic carbocycles. The Morgan fingerprint density at radius 2 is 1.76 bits per heavy atom. The van der Waals surface area contributed by atoms with Gasteiger partial charge in [0.25, 0.3) is 15.9 Å². The molecular weight excluding hydrogens is 456 g/mol. The molecule has 178 valence electrons. The number of benzene rings is 2. The van der Waals surface area contributed by atoms with Crippen molar-refractivity contribution in [2.24, 2.45) is 5.10 Å². The number of amides is 1. The van der Waals surface area contributed by atoms with Crippen molar-refractivity contribution in [1.82, 2.24) is 10.4 Å². The summed E-state index contributed by atoms with van der Waals surface area (Å²) in [6.07, 6.45) is 4.63. The Bertz CT molecular complexity index is 1270. The van der Waals surface area contributed by atoms with Gasteiger partial charge in [0.1, 0.15) is 6.54 Å². The number of ether oxygens (including phenoxy) is 2. The molecule has 1 amide bonds. The minimum Gasteiger partial charge on any atom is -0.493 e. The van der Waals surface area contributed by atoms with E-state index in [2.05, 4.69) is 15.5 Å². The third-order valence-electron chi connectivity index (χ3n) is 4.81. The monoisotopic (exact) mass is 482 g/mol. The fourth-order valence-electron chi connectivity index (χ4n) is 3.31. The molecular formula is C24H26N4O5S. The molecule has 9 nitrogen and oxygen atoms in total. The van der Waals surface area contributed by atoms with Crippen molar-refractivity contribution in [2.45, 2.75) is 18.7 Å². The van der Waals surface area contributed by atoms with E-state index in [0.29, 0.717) is 17.0 Å². The first-order valence-electron chi connectivity index (χ1n) is 10.3. The van der Waals surface area contributed by atoms with Crippen LogP contribution in [-0.2, 0) is 14.8 Å². The number of carbonyl (C=O) groups is 1. The minimum absolute atomic E-state index is 0.0454. The van der Waals surface area contributed by atoms with Gasteiger partial charge in [-0.25, -0.2) is 13.8 Å². The summed E-state index contributed by atoms with van der Waals surface area (Å²) in [7, 11) is -1.26. The maximum Gasteiger partial charge on any atom is 0.264 e. The lowest BCUT2D eigenvalue weighted by atomic mass is 10.1. The van der Waals surface area contributed by atoms with Crippen LogP contribution in [0.15, 0.2) is 70.9 Å². The highest BCUT2D eigenvalue weighted by molar-refractivity contribution is 7.92. The van der Waals surface area contributed by atoms with Crippen LogP contribution < -0.4 is 19.2 Å². The third-order valence-corrected chi connectivity index (χ3v) is 6.58. The van der Waals surface area contributed by atoms with Crippen LogP contribution >= 0.6 is 0 Å². The Hall–Kier alpha value is -3.92. The number of methoxy groups -OCH3 is 2. The highest BCUT2D eigenvalue weighted by Crippen LogP contribution is 2.32. The van der Waals surface area contributed by atoms with Crippen molar-refractivity contribution in [2.75, 3.05) is 25.1 Å². The number of rotatable bonds is 9. The molecule has 0 bridgehead atoms. The molecule has 1 heterocycles. The fraction of sp³-hybridized carbons (Fsp3) is 0.208. The molecule has 0 unspecified atom stereocenters. The largest absolute Gasteiger partial charge is 0.493 e. The molecule has 0 saturated carbocycles. The van der Waals surface area contributed by atoms with Gasteiger partial charge in [0.2, 0.25) is 0 Å². The summed E-state index contributed by atoms with van der Waals surface area (Å²) < 4.78 is 38.8. The van der Waals surface area contributed by atoms with Crippen molar-refractivity contribution >= 4 is 27.8 Å². The van der Waals surface area contributed by atoms with Gasteiger partial charge < -0.3 is 9.47 Å². The molecule has 34 heavy (non-hydrogen) atoms. The second-order valence-electron chi connectivity index (χ2n) is 7.45. The fourth-order valence-corrected chi connectivity index (χ4v) is 4.73. The van der Waals surface area contributed by atoms with Gasteiger partial charge in [-0.2, -0.15) is 5.10 Å². The molecule has 3 aromatic rings. The summed E-state index contributed by atoms with van der Waals surface area (Å²) in [6.45, 7) is 3.23. The topological polar surface area (TPSA) is 110 Å². The summed E-state index contributed by atoms with van der Waals surface area (Å²) in [4.78, 5) is 16.6. The molecule has 0 fully saturated rings. The number of pyridine rings is 1. The molecule has 10 heteroatoms. The van der Waals surface area contributed by atoms with Gasteiger partial charge in [-0.3, -0.25) is 14.1 Å². The number of nitrogens with zero attached hydrogens (tertiary/aromatic N) is 3.